The summed E-state index contributed by atoms with van der Waals surface area (Å²) >= 11 is 1.70. The monoisotopic (exact) mass is 289 g/mol. The van der Waals surface area contributed by atoms with E-state index in [1.165, 1.54) is 4.88 Å². The first-order valence-electron chi connectivity index (χ1n) is 6.54. The average Bonchev–Trinajstić information content (AvgIpc) is 2.77. The molecule has 0 fully saturated rings. The van der Waals surface area contributed by atoms with Crippen molar-refractivity contribution in [1.82, 2.24) is 10.3 Å². The fraction of sp³-hybridized carbons (Fsp3) is 0.333. The zero-order chi connectivity index (χ0) is 14.7. The number of carbonyl (C=O) groups is 1. The van der Waals surface area contributed by atoms with E-state index in [9.17, 15) is 4.79 Å². The van der Waals surface area contributed by atoms with Gasteiger partial charge in [0.15, 0.2) is 0 Å². The van der Waals surface area contributed by atoms with Gasteiger partial charge >= 0.3 is 0 Å². The number of nitrogens with one attached hydrogen (secondary N) is 2. The van der Waals surface area contributed by atoms with Crippen LogP contribution in [0.3, 0.4) is 0 Å². The minimum absolute atomic E-state index is 0.0777. The predicted molar refractivity (Wildman–Crippen MR) is 83.5 cm³/mol. The van der Waals surface area contributed by atoms with E-state index in [1.807, 2.05) is 32.0 Å². The highest BCUT2D eigenvalue weighted by Crippen LogP contribution is 2.27. The first-order chi connectivity index (χ1) is 9.51. The van der Waals surface area contributed by atoms with Gasteiger partial charge in [-0.05, 0) is 39.0 Å². The fourth-order valence-corrected chi connectivity index (χ4v) is 3.09. The van der Waals surface area contributed by atoms with Gasteiger partial charge in [-0.3, -0.25) is 4.79 Å². The van der Waals surface area contributed by atoms with E-state index < -0.39 is 0 Å². The SMILES string of the molecule is CNC(=O)c1cccc(NC(C)c2sc(C)nc2C)c1. The van der Waals surface area contributed by atoms with Crippen molar-refractivity contribution in [2.45, 2.75) is 26.8 Å². The molecule has 0 saturated heterocycles. The molecule has 5 heteroatoms. The van der Waals surface area contributed by atoms with Crippen LogP contribution in [-0.2, 0) is 0 Å². The minimum Gasteiger partial charge on any atom is -0.378 e. The molecule has 1 aromatic heterocycles. The Bertz CT molecular complexity index is 621. The maximum Gasteiger partial charge on any atom is 0.251 e. The quantitative estimate of drug-likeness (QED) is 0.908. The average molecular weight is 289 g/mol. The Morgan fingerprint density at radius 1 is 1.35 bits per heavy atom. The molecule has 1 aromatic carbocycles. The number of aryl methyl sites for hydroxylation is 2. The Kier molecular flexibility index (Phi) is 4.39. The summed E-state index contributed by atoms with van der Waals surface area (Å²) in [5.74, 6) is -0.0777. The van der Waals surface area contributed by atoms with Gasteiger partial charge in [-0.1, -0.05) is 6.07 Å². The van der Waals surface area contributed by atoms with Gasteiger partial charge in [0.2, 0.25) is 0 Å². The van der Waals surface area contributed by atoms with Crippen LogP contribution in [-0.4, -0.2) is 17.9 Å². The van der Waals surface area contributed by atoms with Crippen molar-refractivity contribution in [3.63, 3.8) is 0 Å². The lowest BCUT2D eigenvalue weighted by molar-refractivity contribution is 0.0963. The number of nitrogens with zero attached hydrogens (tertiary/aromatic N) is 1. The van der Waals surface area contributed by atoms with Crippen LogP contribution < -0.4 is 10.6 Å². The zero-order valence-corrected chi connectivity index (χ0v) is 13.0. The lowest BCUT2D eigenvalue weighted by Crippen LogP contribution is -2.18. The standard InChI is InChI=1S/C15H19N3OS/c1-9-14(20-11(3)17-9)10(2)18-13-7-5-6-12(8-13)15(19)16-4/h5-8,10,18H,1-4H3,(H,16,19). The van der Waals surface area contributed by atoms with Crippen LogP contribution in [0.4, 0.5) is 5.69 Å². The molecule has 0 radical (unpaired) electrons. The van der Waals surface area contributed by atoms with Crippen LogP contribution in [0.5, 0.6) is 0 Å². The number of amides is 1. The third kappa shape index (κ3) is 3.17. The summed E-state index contributed by atoms with van der Waals surface area (Å²) in [6.45, 7) is 6.14. The Hall–Kier alpha value is -1.88. The summed E-state index contributed by atoms with van der Waals surface area (Å²) in [5, 5.41) is 7.13. The number of hydrogen-bond acceptors (Lipinski definition) is 4. The third-order valence-electron chi connectivity index (χ3n) is 3.07. The molecule has 0 aliphatic rings. The summed E-state index contributed by atoms with van der Waals surface area (Å²) in [5.41, 5.74) is 2.65. The highest BCUT2D eigenvalue weighted by Gasteiger charge is 2.13. The number of carbonyl (C=O) groups excluding carboxylic acids is 1. The molecule has 2 N–H and O–H groups in total. The number of anilines is 1. The molecular formula is C15H19N3OS. The normalized spacial score (nSPS) is 12.0. The van der Waals surface area contributed by atoms with E-state index in [2.05, 4.69) is 22.5 Å². The zero-order valence-electron chi connectivity index (χ0n) is 12.2. The summed E-state index contributed by atoms with van der Waals surface area (Å²) in [6.07, 6.45) is 0. The van der Waals surface area contributed by atoms with Gasteiger partial charge in [0.25, 0.3) is 5.91 Å². The number of hydrogen-bond donors (Lipinski definition) is 2. The van der Waals surface area contributed by atoms with E-state index in [0.717, 1.165) is 16.4 Å². The van der Waals surface area contributed by atoms with Gasteiger partial charge in [-0.2, -0.15) is 0 Å². The van der Waals surface area contributed by atoms with E-state index in [-0.39, 0.29) is 11.9 Å². The molecule has 1 amide bonds. The molecule has 20 heavy (non-hydrogen) atoms. The van der Waals surface area contributed by atoms with Crippen molar-refractivity contribution >= 4 is 22.9 Å². The molecule has 106 valence electrons. The summed E-state index contributed by atoms with van der Waals surface area (Å²) in [4.78, 5) is 17.3. The largest absolute Gasteiger partial charge is 0.378 e. The van der Waals surface area contributed by atoms with Gasteiger partial charge in [0.1, 0.15) is 0 Å². The van der Waals surface area contributed by atoms with Crippen molar-refractivity contribution in [3.05, 3.63) is 45.4 Å². The molecular weight excluding hydrogens is 270 g/mol. The van der Waals surface area contributed by atoms with E-state index in [0.29, 0.717) is 5.56 Å². The van der Waals surface area contributed by atoms with Gasteiger partial charge in [0.05, 0.1) is 16.7 Å². The van der Waals surface area contributed by atoms with Crippen molar-refractivity contribution in [2.24, 2.45) is 0 Å². The maximum absolute atomic E-state index is 11.6. The van der Waals surface area contributed by atoms with Crippen LogP contribution in [0.15, 0.2) is 24.3 Å². The summed E-state index contributed by atoms with van der Waals surface area (Å²) in [6, 6.07) is 7.67. The second-order valence-electron chi connectivity index (χ2n) is 4.71. The van der Waals surface area contributed by atoms with Crippen LogP contribution in [0.1, 0.15) is 38.9 Å². The Morgan fingerprint density at radius 2 is 2.10 bits per heavy atom. The third-order valence-corrected chi connectivity index (χ3v) is 4.32. The second kappa shape index (κ2) is 6.05. The fourth-order valence-electron chi connectivity index (χ4n) is 2.16. The van der Waals surface area contributed by atoms with Gasteiger partial charge in [-0.25, -0.2) is 4.98 Å². The number of benzene rings is 1. The predicted octanol–water partition coefficient (Wildman–Crippen LogP) is 3.29. The molecule has 2 aromatic rings. The van der Waals surface area contributed by atoms with Crippen LogP contribution in [0.2, 0.25) is 0 Å². The van der Waals surface area contributed by atoms with Crippen molar-refractivity contribution in [3.8, 4) is 0 Å². The van der Waals surface area contributed by atoms with Crippen molar-refractivity contribution in [2.75, 3.05) is 12.4 Å². The maximum atomic E-state index is 11.6. The molecule has 1 heterocycles. The first-order valence-corrected chi connectivity index (χ1v) is 7.35. The van der Waals surface area contributed by atoms with Gasteiger partial charge < -0.3 is 10.6 Å². The van der Waals surface area contributed by atoms with Crippen LogP contribution >= 0.6 is 11.3 Å². The van der Waals surface area contributed by atoms with Crippen molar-refractivity contribution < 1.29 is 4.79 Å². The van der Waals surface area contributed by atoms with Crippen molar-refractivity contribution in [1.29, 1.82) is 0 Å². The summed E-state index contributed by atoms with van der Waals surface area (Å²) < 4.78 is 0. The van der Waals surface area contributed by atoms with Gasteiger partial charge in [0, 0.05) is 23.2 Å². The highest BCUT2D eigenvalue weighted by molar-refractivity contribution is 7.11. The number of rotatable bonds is 4. The Balaban J connectivity index is 2.17. The van der Waals surface area contributed by atoms with Crippen LogP contribution in [0, 0.1) is 13.8 Å². The molecule has 1 atom stereocenters. The van der Waals surface area contributed by atoms with E-state index in [4.69, 9.17) is 0 Å². The summed E-state index contributed by atoms with van der Waals surface area (Å²) in [7, 11) is 1.63. The van der Waals surface area contributed by atoms with Gasteiger partial charge in [-0.15, -0.1) is 11.3 Å². The van der Waals surface area contributed by atoms with E-state index >= 15 is 0 Å². The molecule has 0 aliphatic heterocycles. The highest BCUT2D eigenvalue weighted by atomic mass is 32.1. The molecule has 4 nitrogen and oxygen atoms in total. The molecule has 0 aliphatic carbocycles. The molecule has 0 bridgehead atoms. The second-order valence-corrected chi connectivity index (χ2v) is 5.94. The Labute approximate surface area is 123 Å². The topological polar surface area (TPSA) is 54.0 Å². The molecule has 0 spiro atoms. The Morgan fingerprint density at radius 3 is 2.70 bits per heavy atom. The minimum atomic E-state index is -0.0777. The molecule has 2 rings (SSSR count). The number of aromatic nitrogens is 1. The van der Waals surface area contributed by atoms with Crippen LogP contribution in [0.25, 0.3) is 0 Å². The molecule has 0 saturated carbocycles. The number of thiazole rings is 1. The first kappa shape index (κ1) is 14.5. The lowest BCUT2D eigenvalue weighted by atomic mass is 10.1. The smallest absolute Gasteiger partial charge is 0.251 e. The van der Waals surface area contributed by atoms with E-state index in [1.54, 1.807) is 24.5 Å². The molecule has 1 unspecified atom stereocenters. The lowest BCUT2D eigenvalue weighted by Gasteiger charge is -2.15.